The number of carboxylic acids is 1. The molecule has 0 spiro atoms. The van der Waals surface area contributed by atoms with Gasteiger partial charge in [-0.05, 0) is 43.9 Å². The molecule has 1 aromatic heterocycles. The summed E-state index contributed by atoms with van der Waals surface area (Å²) in [6.07, 6.45) is 4.92. The minimum absolute atomic E-state index is 0.232. The number of hydrogen-bond acceptors (Lipinski definition) is 4. The van der Waals surface area contributed by atoms with Crippen LogP contribution in [0.25, 0.3) is 0 Å². The molecule has 0 amide bonds. The SMILES string of the molecule is CC(NS(=O)(=O)N1CCCCC1C(=O)O)c1ccncc1. The Hall–Kier alpha value is -1.51. The number of aromatic nitrogens is 1. The summed E-state index contributed by atoms with van der Waals surface area (Å²) in [5, 5.41) is 9.18. The fourth-order valence-electron chi connectivity index (χ4n) is 2.45. The molecule has 0 bridgehead atoms. The summed E-state index contributed by atoms with van der Waals surface area (Å²) in [4.78, 5) is 15.1. The molecular weight excluding hydrogens is 294 g/mol. The maximum atomic E-state index is 12.4. The molecule has 0 saturated carbocycles. The number of nitrogens with zero attached hydrogens (tertiary/aromatic N) is 2. The number of nitrogens with one attached hydrogen (secondary N) is 1. The van der Waals surface area contributed by atoms with E-state index in [1.807, 2.05) is 0 Å². The molecule has 7 nitrogen and oxygen atoms in total. The van der Waals surface area contributed by atoms with E-state index in [1.165, 1.54) is 0 Å². The van der Waals surface area contributed by atoms with E-state index in [0.29, 0.717) is 12.8 Å². The molecule has 21 heavy (non-hydrogen) atoms. The van der Waals surface area contributed by atoms with Gasteiger partial charge in [0.05, 0.1) is 0 Å². The zero-order chi connectivity index (χ0) is 15.5. The molecule has 2 unspecified atom stereocenters. The Labute approximate surface area is 124 Å². The first-order chi connectivity index (χ1) is 9.92. The van der Waals surface area contributed by atoms with E-state index in [4.69, 9.17) is 0 Å². The van der Waals surface area contributed by atoms with Gasteiger partial charge in [-0.3, -0.25) is 9.78 Å². The van der Waals surface area contributed by atoms with Gasteiger partial charge in [-0.25, -0.2) is 0 Å². The Bertz CT molecular complexity index is 591. The van der Waals surface area contributed by atoms with Crippen molar-refractivity contribution >= 4 is 16.2 Å². The first-order valence-corrected chi connectivity index (χ1v) is 8.27. The van der Waals surface area contributed by atoms with Crippen molar-refractivity contribution in [3.63, 3.8) is 0 Å². The Morgan fingerprint density at radius 2 is 2.10 bits per heavy atom. The number of carbonyl (C=O) groups is 1. The number of aliphatic carboxylic acids is 1. The molecule has 0 aliphatic carbocycles. The predicted octanol–water partition coefficient (Wildman–Crippen LogP) is 0.916. The van der Waals surface area contributed by atoms with Crippen LogP contribution in [0.5, 0.6) is 0 Å². The van der Waals surface area contributed by atoms with Gasteiger partial charge < -0.3 is 5.11 Å². The lowest BCUT2D eigenvalue weighted by molar-refractivity contribution is -0.142. The largest absolute Gasteiger partial charge is 0.480 e. The molecule has 2 rings (SSSR count). The lowest BCUT2D eigenvalue weighted by Crippen LogP contribution is -2.52. The fourth-order valence-corrected chi connectivity index (χ4v) is 4.07. The van der Waals surface area contributed by atoms with Crippen LogP contribution in [-0.2, 0) is 15.0 Å². The number of carboxylic acid groups (broad SMARTS) is 1. The molecule has 0 aromatic carbocycles. The lowest BCUT2D eigenvalue weighted by Gasteiger charge is -2.32. The van der Waals surface area contributed by atoms with Gasteiger partial charge in [-0.15, -0.1) is 0 Å². The van der Waals surface area contributed by atoms with Gasteiger partial charge >= 0.3 is 5.97 Å². The van der Waals surface area contributed by atoms with Crippen molar-refractivity contribution in [3.8, 4) is 0 Å². The van der Waals surface area contributed by atoms with Crippen molar-refractivity contribution in [2.75, 3.05) is 6.54 Å². The third-order valence-electron chi connectivity index (χ3n) is 3.58. The Morgan fingerprint density at radius 3 is 2.71 bits per heavy atom. The second kappa shape index (κ2) is 6.50. The zero-order valence-electron chi connectivity index (χ0n) is 11.8. The minimum atomic E-state index is -3.84. The zero-order valence-corrected chi connectivity index (χ0v) is 12.6. The summed E-state index contributed by atoms with van der Waals surface area (Å²) in [6.45, 7) is 1.95. The fraction of sp³-hybridized carbons (Fsp3) is 0.538. The summed E-state index contributed by atoms with van der Waals surface area (Å²) < 4.78 is 28.4. The highest BCUT2D eigenvalue weighted by Crippen LogP contribution is 2.22. The Morgan fingerprint density at radius 1 is 1.43 bits per heavy atom. The third-order valence-corrected chi connectivity index (χ3v) is 5.29. The molecular formula is C13H19N3O4S. The highest BCUT2D eigenvalue weighted by Gasteiger charge is 2.37. The van der Waals surface area contributed by atoms with Crippen LogP contribution in [0.15, 0.2) is 24.5 Å². The second-order valence-corrected chi connectivity index (χ2v) is 6.74. The predicted molar refractivity (Wildman–Crippen MR) is 76.7 cm³/mol. The van der Waals surface area contributed by atoms with E-state index in [2.05, 4.69) is 9.71 Å². The average molecular weight is 313 g/mol. The van der Waals surface area contributed by atoms with Crippen molar-refractivity contribution in [1.29, 1.82) is 0 Å². The molecule has 1 fully saturated rings. The van der Waals surface area contributed by atoms with Crippen molar-refractivity contribution in [2.45, 2.75) is 38.3 Å². The van der Waals surface area contributed by atoms with E-state index in [0.717, 1.165) is 16.3 Å². The quantitative estimate of drug-likeness (QED) is 0.842. The van der Waals surface area contributed by atoms with Crippen LogP contribution in [0.2, 0.25) is 0 Å². The molecule has 116 valence electrons. The van der Waals surface area contributed by atoms with E-state index in [9.17, 15) is 18.3 Å². The van der Waals surface area contributed by atoms with Crippen LogP contribution < -0.4 is 4.72 Å². The van der Waals surface area contributed by atoms with E-state index in [-0.39, 0.29) is 6.54 Å². The number of hydrogen-bond donors (Lipinski definition) is 2. The van der Waals surface area contributed by atoms with Crippen LogP contribution >= 0.6 is 0 Å². The van der Waals surface area contributed by atoms with E-state index >= 15 is 0 Å². The maximum absolute atomic E-state index is 12.4. The summed E-state index contributed by atoms with van der Waals surface area (Å²) in [7, 11) is -3.84. The molecule has 1 saturated heterocycles. The van der Waals surface area contributed by atoms with Gasteiger partial charge in [0.25, 0.3) is 10.2 Å². The van der Waals surface area contributed by atoms with Crippen LogP contribution in [0, 0.1) is 0 Å². The summed E-state index contributed by atoms with van der Waals surface area (Å²) in [5.41, 5.74) is 0.775. The van der Waals surface area contributed by atoms with Crippen molar-refractivity contribution in [1.82, 2.24) is 14.0 Å². The summed E-state index contributed by atoms with van der Waals surface area (Å²) in [6, 6.07) is 2.01. The highest BCUT2D eigenvalue weighted by molar-refractivity contribution is 7.87. The second-order valence-electron chi connectivity index (χ2n) is 5.09. The van der Waals surface area contributed by atoms with Crippen LogP contribution in [0.4, 0.5) is 0 Å². The smallest absolute Gasteiger partial charge is 0.322 e. The molecule has 1 aliphatic rings. The van der Waals surface area contributed by atoms with Crippen LogP contribution in [-0.4, -0.2) is 41.4 Å². The Balaban J connectivity index is 2.15. The van der Waals surface area contributed by atoms with E-state index in [1.54, 1.807) is 31.5 Å². The first-order valence-electron chi connectivity index (χ1n) is 6.83. The number of pyridine rings is 1. The number of piperidine rings is 1. The van der Waals surface area contributed by atoms with Crippen LogP contribution in [0.1, 0.15) is 37.8 Å². The molecule has 2 N–H and O–H groups in total. The summed E-state index contributed by atoms with van der Waals surface area (Å²) >= 11 is 0. The normalized spacial score (nSPS) is 21.9. The average Bonchev–Trinajstić information content (AvgIpc) is 2.47. The third kappa shape index (κ3) is 3.78. The monoisotopic (exact) mass is 313 g/mol. The van der Waals surface area contributed by atoms with Gasteiger partial charge in [-0.2, -0.15) is 17.4 Å². The van der Waals surface area contributed by atoms with Gasteiger partial charge in [0.15, 0.2) is 0 Å². The Kier molecular flexibility index (Phi) is 4.92. The number of rotatable bonds is 5. The van der Waals surface area contributed by atoms with Crippen molar-refractivity contribution in [3.05, 3.63) is 30.1 Å². The molecule has 2 heterocycles. The standard InChI is InChI=1S/C13H19N3O4S/c1-10(11-5-7-14-8-6-11)15-21(19,20)16-9-3-2-4-12(16)13(17)18/h5-8,10,12,15H,2-4,9H2,1H3,(H,17,18). The summed E-state index contributed by atoms with van der Waals surface area (Å²) in [5.74, 6) is -1.10. The molecule has 1 aromatic rings. The van der Waals surface area contributed by atoms with E-state index < -0.39 is 28.3 Å². The van der Waals surface area contributed by atoms with Gasteiger partial charge in [0, 0.05) is 25.0 Å². The van der Waals surface area contributed by atoms with Crippen molar-refractivity contribution in [2.24, 2.45) is 0 Å². The van der Waals surface area contributed by atoms with Gasteiger partial charge in [0.2, 0.25) is 0 Å². The highest BCUT2D eigenvalue weighted by atomic mass is 32.2. The van der Waals surface area contributed by atoms with Gasteiger partial charge in [0.1, 0.15) is 6.04 Å². The minimum Gasteiger partial charge on any atom is -0.480 e. The van der Waals surface area contributed by atoms with Crippen LogP contribution in [0.3, 0.4) is 0 Å². The maximum Gasteiger partial charge on any atom is 0.322 e. The van der Waals surface area contributed by atoms with Gasteiger partial charge in [-0.1, -0.05) is 0 Å². The topological polar surface area (TPSA) is 99.6 Å². The molecule has 8 heteroatoms. The molecule has 1 aliphatic heterocycles. The molecule has 0 radical (unpaired) electrons. The lowest BCUT2D eigenvalue weighted by atomic mass is 10.1. The first kappa shape index (κ1) is 15.9. The molecule has 2 atom stereocenters. The van der Waals surface area contributed by atoms with Crippen molar-refractivity contribution < 1.29 is 18.3 Å².